The highest BCUT2D eigenvalue weighted by Crippen LogP contribution is 2.15. The molecule has 2 rings (SSSR count). The standard InChI is InChI=1S/C9H6Cl2N4OS/c10-7-1-6(8(11)15-14-7)9(16)13-3-5-2-12-4-17-5/h1-2,4H,3H2,(H,13,16). The molecule has 2 heterocycles. The molecule has 0 aliphatic carbocycles. The van der Waals surface area contributed by atoms with Crippen LogP contribution in [-0.2, 0) is 6.54 Å². The van der Waals surface area contributed by atoms with Crippen molar-refractivity contribution in [1.29, 1.82) is 0 Å². The summed E-state index contributed by atoms with van der Waals surface area (Å²) in [6.07, 6.45) is 1.68. The van der Waals surface area contributed by atoms with Crippen LogP contribution in [0.25, 0.3) is 0 Å². The molecule has 0 atom stereocenters. The van der Waals surface area contributed by atoms with Crippen molar-refractivity contribution in [2.45, 2.75) is 6.54 Å². The third-order valence-corrected chi connectivity index (χ3v) is 3.11. The second-order valence-electron chi connectivity index (χ2n) is 3.02. The minimum Gasteiger partial charge on any atom is -0.347 e. The Morgan fingerprint density at radius 1 is 1.41 bits per heavy atom. The summed E-state index contributed by atoms with van der Waals surface area (Å²) in [5.41, 5.74) is 1.90. The van der Waals surface area contributed by atoms with Crippen LogP contribution in [0.3, 0.4) is 0 Å². The van der Waals surface area contributed by atoms with Crippen LogP contribution in [0.5, 0.6) is 0 Å². The maximum atomic E-state index is 11.8. The van der Waals surface area contributed by atoms with Crippen molar-refractivity contribution in [3.8, 4) is 0 Å². The summed E-state index contributed by atoms with van der Waals surface area (Å²) < 4.78 is 0. The number of carbonyl (C=O) groups excluding carboxylic acids is 1. The average molecular weight is 289 g/mol. The van der Waals surface area contributed by atoms with Gasteiger partial charge in [-0.3, -0.25) is 9.78 Å². The SMILES string of the molecule is O=C(NCc1cncs1)c1cc(Cl)nnc1Cl. The molecule has 0 saturated carbocycles. The van der Waals surface area contributed by atoms with E-state index in [4.69, 9.17) is 23.2 Å². The quantitative estimate of drug-likeness (QED) is 0.940. The molecule has 2 aromatic rings. The number of aromatic nitrogens is 3. The molecule has 0 aromatic carbocycles. The Hall–Kier alpha value is -1.24. The molecule has 88 valence electrons. The lowest BCUT2D eigenvalue weighted by Crippen LogP contribution is -2.23. The number of amides is 1. The van der Waals surface area contributed by atoms with Gasteiger partial charge in [0.25, 0.3) is 5.91 Å². The molecule has 0 aliphatic rings. The van der Waals surface area contributed by atoms with Crippen molar-refractivity contribution in [3.05, 3.63) is 38.5 Å². The maximum absolute atomic E-state index is 11.8. The zero-order chi connectivity index (χ0) is 12.3. The van der Waals surface area contributed by atoms with Crippen LogP contribution < -0.4 is 5.32 Å². The van der Waals surface area contributed by atoms with E-state index in [1.165, 1.54) is 17.4 Å². The Morgan fingerprint density at radius 2 is 2.24 bits per heavy atom. The summed E-state index contributed by atoms with van der Waals surface area (Å²) in [6, 6.07) is 1.37. The molecule has 0 radical (unpaired) electrons. The molecule has 2 aromatic heterocycles. The lowest BCUT2D eigenvalue weighted by molar-refractivity contribution is 0.0951. The molecule has 1 N–H and O–H groups in total. The van der Waals surface area contributed by atoms with Crippen LogP contribution in [0.2, 0.25) is 10.3 Å². The number of nitrogens with zero attached hydrogens (tertiary/aromatic N) is 3. The third kappa shape index (κ3) is 3.12. The Balaban J connectivity index is 2.07. The van der Waals surface area contributed by atoms with Gasteiger partial charge in [0, 0.05) is 11.1 Å². The maximum Gasteiger partial charge on any atom is 0.254 e. The van der Waals surface area contributed by atoms with Crippen molar-refractivity contribution in [3.63, 3.8) is 0 Å². The van der Waals surface area contributed by atoms with Crippen molar-refractivity contribution >= 4 is 40.4 Å². The Kier molecular flexibility index (Phi) is 3.88. The van der Waals surface area contributed by atoms with E-state index in [2.05, 4.69) is 20.5 Å². The highest BCUT2D eigenvalue weighted by molar-refractivity contribution is 7.09. The fourth-order valence-corrected chi connectivity index (χ4v) is 1.96. The van der Waals surface area contributed by atoms with Crippen LogP contribution >= 0.6 is 34.5 Å². The first kappa shape index (κ1) is 12.2. The predicted octanol–water partition coefficient (Wildman–Crippen LogP) is 2.17. The molecule has 0 spiro atoms. The minimum atomic E-state index is -0.347. The van der Waals surface area contributed by atoms with Gasteiger partial charge in [-0.05, 0) is 6.07 Å². The van der Waals surface area contributed by atoms with Gasteiger partial charge in [-0.2, -0.15) is 0 Å². The highest BCUT2D eigenvalue weighted by Gasteiger charge is 2.12. The molecular formula is C9H6Cl2N4OS. The van der Waals surface area contributed by atoms with Crippen LogP contribution in [0.1, 0.15) is 15.2 Å². The van der Waals surface area contributed by atoms with Crippen LogP contribution in [-0.4, -0.2) is 21.1 Å². The van der Waals surface area contributed by atoms with Crippen molar-refractivity contribution < 1.29 is 4.79 Å². The summed E-state index contributed by atoms with van der Waals surface area (Å²) in [6.45, 7) is 0.389. The zero-order valence-electron chi connectivity index (χ0n) is 8.35. The monoisotopic (exact) mass is 288 g/mol. The summed E-state index contributed by atoms with van der Waals surface area (Å²) >= 11 is 12.8. The smallest absolute Gasteiger partial charge is 0.254 e. The van der Waals surface area contributed by atoms with Gasteiger partial charge in [-0.1, -0.05) is 23.2 Å². The van der Waals surface area contributed by atoms with E-state index in [-0.39, 0.29) is 21.8 Å². The molecule has 0 aliphatic heterocycles. The van der Waals surface area contributed by atoms with E-state index in [9.17, 15) is 4.79 Å². The number of halogens is 2. The van der Waals surface area contributed by atoms with Gasteiger partial charge < -0.3 is 5.32 Å². The molecule has 5 nitrogen and oxygen atoms in total. The number of rotatable bonds is 3. The number of hydrogen-bond donors (Lipinski definition) is 1. The minimum absolute atomic E-state index is 0.0243. The van der Waals surface area contributed by atoms with Crippen molar-refractivity contribution in [2.24, 2.45) is 0 Å². The first-order valence-corrected chi connectivity index (χ1v) is 6.14. The molecule has 0 unspecified atom stereocenters. The summed E-state index contributed by atoms with van der Waals surface area (Å²) in [5, 5.41) is 9.92. The van der Waals surface area contributed by atoms with Gasteiger partial charge >= 0.3 is 0 Å². The van der Waals surface area contributed by atoms with Crippen molar-refractivity contribution in [1.82, 2.24) is 20.5 Å². The molecule has 0 saturated heterocycles. The number of carbonyl (C=O) groups is 1. The first-order chi connectivity index (χ1) is 8.16. The van der Waals surface area contributed by atoms with Gasteiger partial charge in [0.15, 0.2) is 10.3 Å². The number of hydrogen-bond acceptors (Lipinski definition) is 5. The van der Waals surface area contributed by atoms with E-state index in [1.54, 1.807) is 11.7 Å². The largest absolute Gasteiger partial charge is 0.347 e. The lowest BCUT2D eigenvalue weighted by atomic mass is 10.3. The fraction of sp³-hybridized carbons (Fsp3) is 0.111. The van der Waals surface area contributed by atoms with E-state index in [0.29, 0.717) is 6.54 Å². The molecule has 1 amide bonds. The van der Waals surface area contributed by atoms with E-state index >= 15 is 0 Å². The highest BCUT2D eigenvalue weighted by atomic mass is 35.5. The van der Waals surface area contributed by atoms with Crippen LogP contribution in [0.15, 0.2) is 17.8 Å². The number of nitrogens with one attached hydrogen (secondary N) is 1. The number of thiazole rings is 1. The lowest BCUT2D eigenvalue weighted by Gasteiger charge is -2.04. The van der Waals surface area contributed by atoms with E-state index in [1.807, 2.05) is 0 Å². The van der Waals surface area contributed by atoms with Gasteiger partial charge in [0.2, 0.25) is 0 Å². The molecule has 0 fully saturated rings. The summed E-state index contributed by atoms with van der Waals surface area (Å²) in [5.74, 6) is -0.347. The Labute approximate surface area is 111 Å². The Bertz CT molecular complexity index is 532. The first-order valence-electron chi connectivity index (χ1n) is 4.51. The van der Waals surface area contributed by atoms with Crippen molar-refractivity contribution in [2.75, 3.05) is 0 Å². The molecule has 17 heavy (non-hydrogen) atoms. The van der Waals surface area contributed by atoms with E-state index < -0.39 is 0 Å². The van der Waals surface area contributed by atoms with Gasteiger partial charge in [-0.25, -0.2) is 0 Å². The van der Waals surface area contributed by atoms with Crippen LogP contribution in [0, 0.1) is 0 Å². The molecule has 8 heteroatoms. The third-order valence-electron chi connectivity index (χ3n) is 1.87. The van der Waals surface area contributed by atoms with Gasteiger partial charge in [-0.15, -0.1) is 21.5 Å². The topological polar surface area (TPSA) is 67.8 Å². The normalized spacial score (nSPS) is 10.2. The van der Waals surface area contributed by atoms with Crippen LogP contribution in [0.4, 0.5) is 0 Å². The second-order valence-corrected chi connectivity index (χ2v) is 4.74. The molecule has 0 bridgehead atoms. The Morgan fingerprint density at radius 3 is 2.94 bits per heavy atom. The average Bonchev–Trinajstić information content (AvgIpc) is 2.82. The fourth-order valence-electron chi connectivity index (χ4n) is 1.10. The second kappa shape index (κ2) is 5.39. The summed E-state index contributed by atoms with van der Waals surface area (Å²) in [4.78, 5) is 16.6. The van der Waals surface area contributed by atoms with Gasteiger partial charge in [0.1, 0.15) is 0 Å². The van der Waals surface area contributed by atoms with E-state index in [0.717, 1.165) is 4.88 Å². The zero-order valence-corrected chi connectivity index (χ0v) is 10.7. The van der Waals surface area contributed by atoms with Gasteiger partial charge in [0.05, 0.1) is 17.6 Å². The predicted molar refractivity (Wildman–Crippen MR) is 65.3 cm³/mol. The molecular weight excluding hydrogens is 283 g/mol. The summed E-state index contributed by atoms with van der Waals surface area (Å²) in [7, 11) is 0.